The van der Waals surface area contributed by atoms with Gasteiger partial charge in [-0.2, -0.15) is 13.2 Å². The van der Waals surface area contributed by atoms with Crippen LogP contribution in [0.2, 0.25) is 5.02 Å². The van der Waals surface area contributed by atoms with E-state index in [9.17, 15) is 27.5 Å². The van der Waals surface area contributed by atoms with Crippen molar-refractivity contribution in [2.24, 2.45) is 0 Å². The van der Waals surface area contributed by atoms with E-state index in [1.165, 1.54) is 23.2 Å². The highest BCUT2D eigenvalue weighted by atomic mass is 35.5. The number of piperidine rings is 1. The monoisotopic (exact) mass is 521 g/mol. The average Bonchev–Trinajstić information content (AvgIpc) is 2.84. The number of carbonyl (C=O) groups excluding carboxylic acids is 1. The lowest BCUT2D eigenvalue weighted by atomic mass is 9.79. The van der Waals surface area contributed by atoms with Gasteiger partial charge in [0.2, 0.25) is 0 Å². The van der Waals surface area contributed by atoms with Gasteiger partial charge in [-0.25, -0.2) is 9.18 Å². The quantitative estimate of drug-likeness (QED) is 0.433. The Kier molecular flexibility index (Phi) is 7.51. The summed E-state index contributed by atoms with van der Waals surface area (Å²) >= 11 is 6.03. The van der Waals surface area contributed by atoms with E-state index in [0.29, 0.717) is 29.5 Å². The van der Waals surface area contributed by atoms with E-state index < -0.39 is 35.2 Å². The number of benzene rings is 2. The Morgan fingerprint density at radius 2 is 1.72 bits per heavy atom. The van der Waals surface area contributed by atoms with Crippen LogP contribution < -0.4 is 5.32 Å². The maximum absolute atomic E-state index is 14.6. The first-order chi connectivity index (χ1) is 17.1. The van der Waals surface area contributed by atoms with Crippen LogP contribution in [-0.2, 0) is 18.1 Å². The number of urea groups is 1. The highest BCUT2D eigenvalue weighted by Gasteiger charge is 2.42. The third kappa shape index (κ3) is 5.79. The van der Waals surface area contributed by atoms with E-state index >= 15 is 0 Å². The van der Waals surface area contributed by atoms with Crippen LogP contribution in [0.4, 0.5) is 22.4 Å². The fourth-order valence-corrected chi connectivity index (χ4v) is 4.49. The van der Waals surface area contributed by atoms with Gasteiger partial charge < -0.3 is 15.3 Å². The number of nitrogens with one attached hydrogen (secondary N) is 1. The summed E-state index contributed by atoms with van der Waals surface area (Å²) in [5.74, 6) is -1.10. The zero-order chi connectivity index (χ0) is 25.9. The number of pyridine rings is 1. The zero-order valence-electron chi connectivity index (χ0n) is 19.1. The molecule has 3 aromatic rings. The molecular weight excluding hydrogens is 498 g/mol. The Labute approximate surface area is 210 Å². The summed E-state index contributed by atoms with van der Waals surface area (Å²) in [4.78, 5) is 19.3. The molecule has 1 aliphatic heterocycles. The fraction of sp³-hybridized carbons (Fsp3) is 0.308. The van der Waals surface area contributed by atoms with Gasteiger partial charge in [0.15, 0.2) is 0 Å². The summed E-state index contributed by atoms with van der Waals surface area (Å²) in [7, 11) is 0. The number of aliphatic hydroxyl groups excluding tert-OH is 1. The number of alkyl halides is 3. The molecule has 1 aromatic heterocycles. The van der Waals surface area contributed by atoms with Crippen LogP contribution in [0, 0.1) is 5.82 Å². The molecule has 2 amide bonds. The zero-order valence-corrected chi connectivity index (χ0v) is 19.9. The lowest BCUT2D eigenvalue weighted by molar-refractivity contribution is -0.137. The maximum Gasteiger partial charge on any atom is 0.416 e. The summed E-state index contributed by atoms with van der Waals surface area (Å²) in [5.41, 5.74) is -2.08. The molecule has 190 valence electrons. The summed E-state index contributed by atoms with van der Waals surface area (Å²) < 4.78 is 55.7. The molecule has 1 saturated heterocycles. The molecule has 0 saturated carbocycles. The van der Waals surface area contributed by atoms with Crippen molar-refractivity contribution in [1.29, 1.82) is 0 Å². The molecule has 0 unspecified atom stereocenters. The van der Waals surface area contributed by atoms with E-state index in [0.717, 1.165) is 12.1 Å². The van der Waals surface area contributed by atoms with Crippen molar-refractivity contribution < 1.29 is 27.5 Å². The number of rotatable bonds is 5. The molecule has 0 radical (unpaired) electrons. The van der Waals surface area contributed by atoms with Crippen molar-refractivity contribution in [2.75, 3.05) is 13.1 Å². The second-order valence-corrected chi connectivity index (χ2v) is 9.24. The number of aromatic nitrogens is 1. The number of aliphatic hydroxyl groups is 1. The van der Waals surface area contributed by atoms with Crippen molar-refractivity contribution in [2.45, 2.75) is 37.1 Å². The van der Waals surface area contributed by atoms with Crippen LogP contribution in [0.1, 0.15) is 35.2 Å². The van der Waals surface area contributed by atoms with Crippen LogP contribution in [0.3, 0.4) is 0 Å². The van der Waals surface area contributed by atoms with Gasteiger partial charge in [0.25, 0.3) is 0 Å². The van der Waals surface area contributed by atoms with Crippen molar-refractivity contribution in [1.82, 2.24) is 15.2 Å². The minimum Gasteiger partial charge on any atom is -0.393 e. The molecule has 10 heteroatoms. The summed E-state index contributed by atoms with van der Waals surface area (Å²) in [6, 6.07) is 13.5. The first-order valence-corrected chi connectivity index (χ1v) is 11.7. The number of hydrogen-bond acceptors (Lipinski definition) is 3. The predicted molar refractivity (Wildman–Crippen MR) is 127 cm³/mol. The molecule has 4 rings (SSSR count). The van der Waals surface area contributed by atoms with E-state index in [4.69, 9.17) is 11.6 Å². The summed E-state index contributed by atoms with van der Waals surface area (Å²) in [6.45, 7) is 0.527. The molecule has 36 heavy (non-hydrogen) atoms. The molecule has 0 bridgehead atoms. The van der Waals surface area contributed by atoms with E-state index in [1.807, 2.05) is 0 Å². The van der Waals surface area contributed by atoms with Gasteiger partial charge >= 0.3 is 12.2 Å². The Balaban J connectivity index is 1.90. The number of halogens is 5. The minimum atomic E-state index is -4.81. The average molecular weight is 522 g/mol. The molecule has 0 spiro atoms. The van der Waals surface area contributed by atoms with Gasteiger partial charge in [0.1, 0.15) is 11.4 Å². The van der Waals surface area contributed by atoms with Crippen LogP contribution in [-0.4, -0.2) is 40.2 Å². The molecule has 1 atom stereocenters. The van der Waals surface area contributed by atoms with Gasteiger partial charge in [-0.3, -0.25) is 4.98 Å². The van der Waals surface area contributed by atoms with Crippen molar-refractivity contribution in [3.8, 4) is 0 Å². The van der Waals surface area contributed by atoms with Crippen molar-refractivity contribution in [3.05, 3.63) is 100 Å². The van der Waals surface area contributed by atoms with Gasteiger partial charge in [-0.15, -0.1) is 0 Å². The normalized spacial score (nSPS) is 16.4. The van der Waals surface area contributed by atoms with Crippen LogP contribution in [0.15, 0.2) is 66.9 Å². The largest absolute Gasteiger partial charge is 0.416 e. The van der Waals surface area contributed by atoms with E-state index in [-0.39, 0.29) is 30.8 Å². The van der Waals surface area contributed by atoms with Gasteiger partial charge in [-0.1, -0.05) is 41.9 Å². The molecule has 2 heterocycles. The second-order valence-electron chi connectivity index (χ2n) is 8.80. The number of hydrogen-bond donors (Lipinski definition) is 2. The molecule has 1 fully saturated rings. The van der Waals surface area contributed by atoms with Crippen LogP contribution in [0.25, 0.3) is 0 Å². The predicted octanol–water partition coefficient (Wildman–Crippen LogP) is 5.55. The topological polar surface area (TPSA) is 65.5 Å². The standard InChI is InChI=1S/C26H24ClF4N3O2/c27-20-6-7-23(32-16-20)25(15-17-4-2-1-3-5-17,33-24(36)34-10-8-22(35)9-11-34)18-12-19(26(29,30)31)14-21(28)13-18/h1-7,12-14,16,22,35H,8-11,15H2,(H,33,36)/t25-/m1/s1. The van der Waals surface area contributed by atoms with Gasteiger partial charge in [0.05, 0.1) is 22.4 Å². The number of carbonyl (C=O) groups is 1. The maximum atomic E-state index is 14.6. The Morgan fingerprint density at radius 1 is 1.06 bits per heavy atom. The Hall–Kier alpha value is -3.17. The Bertz CT molecular complexity index is 1200. The molecule has 0 aliphatic carbocycles. The molecular formula is C26H24ClF4N3O2. The molecule has 2 aromatic carbocycles. The first kappa shape index (κ1) is 25.9. The van der Waals surface area contributed by atoms with E-state index in [2.05, 4.69) is 10.3 Å². The summed E-state index contributed by atoms with van der Waals surface area (Å²) in [6.07, 6.45) is -3.28. The molecule has 1 aliphatic rings. The van der Waals surface area contributed by atoms with E-state index in [1.54, 1.807) is 30.3 Å². The van der Waals surface area contributed by atoms with Crippen molar-refractivity contribution in [3.63, 3.8) is 0 Å². The third-order valence-corrected chi connectivity index (χ3v) is 6.49. The first-order valence-electron chi connectivity index (χ1n) is 11.4. The van der Waals surface area contributed by atoms with Gasteiger partial charge in [-0.05, 0) is 54.3 Å². The van der Waals surface area contributed by atoms with Crippen molar-refractivity contribution >= 4 is 17.6 Å². The third-order valence-electron chi connectivity index (χ3n) is 6.27. The second kappa shape index (κ2) is 10.4. The SMILES string of the molecule is O=C(N[C@](Cc1ccccc1)(c1cc(F)cc(C(F)(F)F)c1)c1ccc(Cl)cn1)N1CCC(O)CC1. The lowest BCUT2D eigenvalue weighted by Gasteiger charge is -2.39. The smallest absolute Gasteiger partial charge is 0.393 e. The molecule has 5 nitrogen and oxygen atoms in total. The fourth-order valence-electron chi connectivity index (χ4n) is 4.38. The Morgan fingerprint density at radius 3 is 2.33 bits per heavy atom. The molecule has 2 N–H and O–H groups in total. The number of likely N-dealkylation sites (tertiary alicyclic amines) is 1. The number of nitrogens with zero attached hydrogens (tertiary/aromatic N) is 2. The lowest BCUT2D eigenvalue weighted by Crippen LogP contribution is -2.55. The highest BCUT2D eigenvalue weighted by molar-refractivity contribution is 6.30. The highest BCUT2D eigenvalue weighted by Crippen LogP contribution is 2.38. The van der Waals surface area contributed by atoms with Gasteiger partial charge in [0, 0.05) is 25.7 Å². The van der Waals surface area contributed by atoms with Crippen LogP contribution >= 0.6 is 11.6 Å². The minimum absolute atomic E-state index is 0.00850. The number of amides is 2. The summed E-state index contributed by atoms with van der Waals surface area (Å²) in [5, 5.41) is 13.0. The van der Waals surface area contributed by atoms with Crippen LogP contribution in [0.5, 0.6) is 0 Å².